The predicted molar refractivity (Wildman–Crippen MR) is 78.4 cm³/mol. The number of hydrogen-bond donors (Lipinski definition) is 1. The number of hydrogen-bond acceptors (Lipinski definition) is 3. The van der Waals surface area contributed by atoms with Crippen molar-refractivity contribution in [3.63, 3.8) is 0 Å². The molecule has 1 atom stereocenters. The molecule has 1 fully saturated rings. The zero-order chi connectivity index (χ0) is 14.8. The van der Waals surface area contributed by atoms with Crippen LogP contribution in [0.1, 0.15) is 52.4 Å². The molecule has 1 saturated heterocycles. The van der Waals surface area contributed by atoms with E-state index in [0.29, 0.717) is 32.5 Å². The molecule has 1 N–H and O–H groups in total. The Morgan fingerprint density at radius 2 is 1.95 bits per heavy atom. The molecule has 1 rings (SSSR count). The lowest BCUT2D eigenvalue weighted by Crippen LogP contribution is -2.45. The summed E-state index contributed by atoms with van der Waals surface area (Å²) in [5, 5.41) is 2.82. The molecule has 116 valence electrons. The van der Waals surface area contributed by atoms with Gasteiger partial charge in [0.05, 0.1) is 0 Å². The van der Waals surface area contributed by atoms with E-state index in [2.05, 4.69) is 12.2 Å². The van der Waals surface area contributed by atoms with Crippen molar-refractivity contribution in [2.75, 3.05) is 26.3 Å². The molecule has 0 saturated carbocycles. The van der Waals surface area contributed by atoms with E-state index in [1.165, 1.54) is 0 Å². The van der Waals surface area contributed by atoms with E-state index in [4.69, 9.17) is 4.74 Å². The standard InChI is InChI=1S/C15H28N2O3/c1-3-5-11-20-12-6-9-17-10-8-14(18)16-13(7-4-2)15(17)19/h13H,3-12H2,1-2H3,(H,16,18). The molecule has 0 radical (unpaired) electrons. The highest BCUT2D eigenvalue weighted by atomic mass is 16.5. The summed E-state index contributed by atoms with van der Waals surface area (Å²) in [4.78, 5) is 25.7. The van der Waals surface area contributed by atoms with Crippen molar-refractivity contribution < 1.29 is 14.3 Å². The topological polar surface area (TPSA) is 58.6 Å². The average molecular weight is 284 g/mol. The summed E-state index contributed by atoms with van der Waals surface area (Å²) in [6.45, 7) is 6.85. The minimum absolute atomic E-state index is 0.0153. The molecule has 2 amide bonds. The number of unbranched alkanes of at least 4 members (excludes halogenated alkanes) is 1. The Balaban J connectivity index is 2.34. The van der Waals surface area contributed by atoms with Crippen LogP contribution < -0.4 is 5.32 Å². The van der Waals surface area contributed by atoms with Crippen molar-refractivity contribution >= 4 is 11.8 Å². The molecule has 1 unspecified atom stereocenters. The van der Waals surface area contributed by atoms with Gasteiger partial charge in [0.1, 0.15) is 6.04 Å². The van der Waals surface area contributed by atoms with Crippen LogP contribution in [-0.4, -0.2) is 49.1 Å². The number of rotatable bonds is 9. The van der Waals surface area contributed by atoms with Gasteiger partial charge in [-0.15, -0.1) is 0 Å². The SMILES string of the molecule is CCCCOCCCN1CCC(=O)NC(CCC)C1=O. The van der Waals surface area contributed by atoms with E-state index >= 15 is 0 Å². The van der Waals surface area contributed by atoms with Crippen LogP contribution >= 0.6 is 0 Å². The Kier molecular flexibility index (Phi) is 8.26. The van der Waals surface area contributed by atoms with Crippen LogP contribution in [0.5, 0.6) is 0 Å². The zero-order valence-electron chi connectivity index (χ0n) is 12.8. The minimum atomic E-state index is -0.337. The maximum absolute atomic E-state index is 12.3. The summed E-state index contributed by atoms with van der Waals surface area (Å²) in [6.07, 6.45) is 5.07. The first-order valence-electron chi connectivity index (χ1n) is 7.85. The van der Waals surface area contributed by atoms with Gasteiger partial charge < -0.3 is 15.0 Å². The molecular weight excluding hydrogens is 256 g/mol. The van der Waals surface area contributed by atoms with Gasteiger partial charge in [-0.25, -0.2) is 0 Å². The van der Waals surface area contributed by atoms with Gasteiger partial charge in [-0.05, 0) is 19.3 Å². The number of carbonyl (C=O) groups is 2. The highest BCUT2D eigenvalue weighted by Crippen LogP contribution is 2.09. The number of nitrogens with one attached hydrogen (secondary N) is 1. The quantitative estimate of drug-likeness (QED) is 0.656. The molecule has 0 bridgehead atoms. The fourth-order valence-electron chi connectivity index (χ4n) is 2.31. The van der Waals surface area contributed by atoms with Gasteiger partial charge in [-0.3, -0.25) is 9.59 Å². The lowest BCUT2D eigenvalue weighted by Gasteiger charge is -2.23. The van der Waals surface area contributed by atoms with Crippen molar-refractivity contribution in [3.8, 4) is 0 Å². The minimum Gasteiger partial charge on any atom is -0.381 e. The molecule has 0 aliphatic carbocycles. The first kappa shape index (κ1) is 17.0. The van der Waals surface area contributed by atoms with E-state index in [1.54, 1.807) is 4.90 Å². The largest absolute Gasteiger partial charge is 0.381 e. The Morgan fingerprint density at radius 1 is 1.20 bits per heavy atom. The van der Waals surface area contributed by atoms with Crippen LogP contribution in [0.2, 0.25) is 0 Å². The fraction of sp³-hybridized carbons (Fsp3) is 0.867. The first-order chi connectivity index (χ1) is 9.69. The molecular formula is C15H28N2O3. The predicted octanol–water partition coefficient (Wildman–Crippen LogP) is 1.71. The van der Waals surface area contributed by atoms with E-state index in [9.17, 15) is 9.59 Å². The first-order valence-corrected chi connectivity index (χ1v) is 7.85. The molecule has 0 aromatic carbocycles. The van der Waals surface area contributed by atoms with Gasteiger partial charge in [0, 0.05) is 32.7 Å². The van der Waals surface area contributed by atoms with Gasteiger partial charge in [0.2, 0.25) is 11.8 Å². The zero-order valence-corrected chi connectivity index (χ0v) is 12.8. The van der Waals surface area contributed by atoms with Crippen LogP contribution in [0.15, 0.2) is 0 Å². The Morgan fingerprint density at radius 3 is 2.65 bits per heavy atom. The Bertz CT molecular complexity index is 307. The van der Waals surface area contributed by atoms with E-state index in [-0.39, 0.29) is 17.9 Å². The third-order valence-corrected chi connectivity index (χ3v) is 3.49. The van der Waals surface area contributed by atoms with Crippen LogP contribution in [0.3, 0.4) is 0 Å². The number of amides is 2. The van der Waals surface area contributed by atoms with Gasteiger partial charge >= 0.3 is 0 Å². The van der Waals surface area contributed by atoms with Crippen molar-refractivity contribution in [1.29, 1.82) is 0 Å². The lowest BCUT2D eigenvalue weighted by molar-refractivity contribution is -0.133. The third-order valence-electron chi connectivity index (χ3n) is 3.49. The van der Waals surface area contributed by atoms with E-state index in [1.807, 2.05) is 6.92 Å². The number of carbonyl (C=O) groups excluding carboxylic acids is 2. The summed E-state index contributed by atoms with van der Waals surface area (Å²) >= 11 is 0. The molecule has 0 aromatic rings. The fourth-order valence-corrected chi connectivity index (χ4v) is 2.31. The normalized spacial score (nSPS) is 19.9. The maximum atomic E-state index is 12.3. The van der Waals surface area contributed by atoms with Crippen LogP contribution in [-0.2, 0) is 14.3 Å². The second-order valence-corrected chi connectivity index (χ2v) is 5.30. The number of nitrogens with zero attached hydrogens (tertiary/aromatic N) is 1. The van der Waals surface area contributed by atoms with Gasteiger partial charge in [0.25, 0.3) is 0 Å². The second-order valence-electron chi connectivity index (χ2n) is 5.30. The summed E-state index contributed by atoms with van der Waals surface area (Å²) in [5.41, 5.74) is 0. The second kappa shape index (κ2) is 9.75. The summed E-state index contributed by atoms with van der Waals surface area (Å²) in [6, 6.07) is -0.337. The van der Waals surface area contributed by atoms with Crippen molar-refractivity contribution in [1.82, 2.24) is 10.2 Å². The van der Waals surface area contributed by atoms with E-state index < -0.39 is 0 Å². The molecule has 0 aromatic heterocycles. The summed E-state index contributed by atoms with van der Waals surface area (Å²) in [7, 11) is 0. The lowest BCUT2D eigenvalue weighted by atomic mass is 10.1. The van der Waals surface area contributed by atoms with E-state index in [0.717, 1.165) is 32.3 Å². The summed E-state index contributed by atoms with van der Waals surface area (Å²) in [5.74, 6) is 0.0461. The molecule has 5 nitrogen and oxygen atoms in total. The van der Waals surface area contributed by atoms with Crippen molar-refractivity contribution in [2.24, 2.45) is 0 Å². The molecule has 0 spiro atoms. The average Bonchev–Trinajstić information content (AvgIpc) is 2.56. The highest BCUT2D eigenvalue weighted by Gasteiger charge is 2.28. The van der Waals surface area contributed by atoms with Gasteiger partial charge in [-0.2, -0.15) is 0 Å². The Labute approximate surface area is 122 Å². The van der Waals surface area contributed by atoms with Crippen molar-refractivity contribution in [2.45, 2.75) is 58.4 Å². The Hall–Kier alpha value is -1.10. The highest BCUT2D eigenvalue weighted by molar-refractivity contribution is 5.89. The molecule has 20 heavy (non-hydrogen) atoms. The van der Waals surface area contributed by atoms with Crippen LogP contribution in [0.25, 0.3) is 0 Å². The maximum Gasteiger partial charge on any atom is 0.245 e. The van der Waals surface area contributed by atoms with Gasteiger partial charge in [0.15, 0.2) is 0 Å². The molecule has 1 aliphatic heterocycles. The number of ether oxygens (including phenoxy) is 1. The molecule has 1 aliphatic rings. The molecule has 5 heteroatoms. The third kappa shape index (κ3) is 5.90. The summed E-state index contributed by atoms with van der Waals surface area (Å²) < 4.78 is 5.51. The monoisotopic (exact) mass is 284 g/mol. The van der Waals surface area contributed by atoms with Crippen LogP contribution in [0.4, 0.5) is 0 Å². The van der Waals surface area contributed by atoms with Gasteiger partial charge in [-0.1, -0.05) is 26.7 Å². The smallest absolute Gasteiger partial charge is 0.245 e. The molecule has 1 heterocycles. The van der Waals surface area contributed by atoms with Crippen molar-refractivity contribution in [3.05, 3.63) is 0 Å². The van der Waals surface area contributed by atoms with Crippen LogP contribution in [0, 0.1) is 0 Å².